The zero-order chi connectivity index (χ0) is 11.9. The van der Waals surface area contributed by atoms with Gasteiger partial charge in [-0.15, -0.1) is 0 Å². The number of unbranched alkanes of at least 4 members (excludes halogenated alkanes) is 1. The average Bonchev–Trinajstić information content (AvgIpc) is 2.41. The van der Waals surface area contributed by atoms with E-state index in [4.69, 9.17) is 5.73 Å². The SMILES string of the molecule is NCCCCc1ncccc1-c1ccccc1. The summed E-state index contributed by atoms with van der Waals surface area (Å²) in [6.07, 6.45) is 5.03. The molecular formula is C15H18N2. The smallest absolute Gasteiger partial charge is 0.0481 e. The van der Waals surface area contributed by atoms with E-state index < -0.39 is 0 Å². The molecule has 0 radical (unpaired) electrons. The summed E-state index contributed by atoms with van der Waals surface area (Å²) in [5.74, 6) is 0. The van der Waals surface area contributed by atoms with Crippen molar-refractivity contribution in [2.75, 3.05) is 6.54 Å². The minimum absolute atomic E-state index is 0.757. The van der Waals surface area contributed by atoms with Crippen molar-refractivity contribution in [3.8, 4) is 11.1 Å². The van der Waals surface area contributed by atoms with Crippen LogP contribution in [0.3, 0.4) is 0 Å². The summed E-state index contributed by atoms with van der Waals surface area (Å²) in [5, 5.41) is 0. The van der Waals surface area contributed by atoms with Crippen LogP contribution in [0.5, 0.6) is 0 Å². The van der Waals surface area contributed by atoms with E-state index in [1.807, 2.05) is 18.3 Å². The summed E-state index contributed by atoms with van der Waals surface area (Å²) in [6, 6.07) is 14.5. The Hall–Kier alpha value is -1.67. The molecule has 0 spiro atoms. The summed E-state index contributed by atoms with van der Waals surface area (Å²) in [5.41, 5.74) is 9.17. The molecule has 0 atom stereocenters. The maximum Gasteiger partial charge on any atom is 0.0481 e. The Morgan fingerprint density at radius 3 is 2.53 bits per heavy atom. The van der Waals surface area contributed by atoms with Crippen LogP contribution in [0.4, 0.5) is 0 Å². The molecular weight excluding hydrogens is 208 g/mol. The second-order valence-corrected chi connectivity index (χ2v) is 4.11. The molecule has 0 bridgehead atoms. The van der Waals surface area contributed by atoms with Crippen molar-refractivity contribution in [2.45, 2.75) is 19.3 Å². The molecule has 17 heavy (non-hydrogen) atoms. The summed E-state index contributed by atoms with van der Waals surface area (Å²) in [7, 11) is 0. The molecule has 0 saturated carbocycles. The number of aryl methyl sites for hydroxylation is 1. The topological polar surface area (TPSA) is 38.9 Å². The molecule has 0 saturated heterocycles. The molecule has 0 aliphatic heterocycles. The van der Waals surface area contributed by atoms with E-state index in [-0.39, 0.29) is 0 Å². The molecule has 1 aromatic carbocycles. The Balaban J connectivity index is 2.22. The molecule has 2 aromatic rings. The van der Waals surface area contributed by atoms with E-state index in [9.17, 15) is 0 Å². The largest absolute Gasteiger partial charge is 0.330 e. The number of hydrogen-bond acceptors (Lipinski definition) is 2. The van der Waals surface area contributed by atoms with Crippen molar-refractivity contribution in [3.05, 3.63) is 54.4 Å². The fourth-order valence-electron chi connectivity index (χ4n) is 1.95. The summed E-state index contributed by atoms with van der Waals surface area (Å²) < 4.78 is 0. The van der Waals surface area contributed by atoms with Crippen molar-refractivity contribution >= 4 is 0 Å². The number of hydrogen-bond donors (Lipinski definition) is 1. The van der Waals surface area contributed by atoms with Gasteiger partial charge in [0, 0.05) is 17.5 Å². The van der Waals surface area contributed by atoms with Gasteiger partial charge in [-0.25, -0.2) is 0 Å². The standard InChI is InChI=1S/C15H18N2/c16-11-5-4-10-15-14(9-6-12-17-15)13-7-2-1-3-8-13/h1-3,6-9,12H,4-5,10-11,16H2. The second-order valence-electron chi connectivity index (χ2n) is 4.11. The van der Waals surface area contributed by atoms with Crippen LogP contribution in [-0.4, -0.2) is 11.5 Å². The minimum Gasteiger partial charge on any atom is -0.330 e. The van der Waals surface area contributed by atoms with Gasteiger partial charge in [-0.2, -0.15) is 0 Å². The molecule has 0 aliphatic rings. The Bertz CT molecular complexity index is 451. The monoisotopic (exact) mass is 226 g/mol. The number of rotatable bonds is 5. The Morgan fingerprint density at radius 2 is 1.76 bits per heavy atom. The maximum atomic E-state index is 5.52. The van der Waals surface area contributed by atoms with E-state index >= 15 is 0 Å². The van der Waals surface area contributed by atoms with Crippen molar-refractivity contribution in [3.63, 3.8) is 0 Å². The Kier molecular flexibility index (Phi) is 4.28. The molecule has 0 unspecified atom stereocenters. The summed E-state index contributed by atoms with van der Waals surface area (Å²) in [4.78, 5) is 4.49. The fourth-order valence-corrected chi connectivity index (χ4v) is 1.95. The van der Waals surface area contributed by atoms with Gasteiger partial charge in [0.25, 0.3) is 0 Å². The maximum absolute atomic E-state index is 5.52. The highest BCUT2D eigenvalue weighted by Crippen LogP contribution is 2.22. The van der Waals surface area contributed by atoms with E-state index in [1.165, 1.54) is 16.8 Å². The number of nitrogens with two attached hydrogens (primary N) is 1. The lowest BCUT2D eigenvalue weighted by molar-refractivity contribution is 0.733. The van der Waals surface area contributed by atoms with Crippen molar-refractivity contribution in [1.29, 1.82) is 0 Å². The predicted molar refractivity (Wildman–Crippen MR) is 71.7 cm³/mol. The third-order valence-corrected chi connectivity index (χ3v) is 2.84. The highest BCUT2D eigenvalue weighted by Gasteiger charge is 2.04. The normalized spacial score (nSPS) is 10.4. The molecule has 1 heterocycles. The number of aromatic nitrogens is 1. The zero-order valence-electron chi connectivity index (χ0n) is 9.97. The Labute approximate surface area is 103 Å². The minimum atomic E-state index is 0.757. The van der Waals surface area contributed by atoms with Crippen LogP contribution in [-0.2, 0) is 6.42 Å². The first-order valence-corrected chi connectivity index (χ1v) is 6.11. The average molecular weight is 226 g/mol. The second kappa shape index (κ2) is 6.16. The fraction of sp³-hybridized carbons (Fsp3) is 0.267. The summed E-state index contributed by atoms with van der Waals surface area (Å²) >= 11 is 0. The van der Waals surface area contributed by atoms with Gasteiger partial charge in [-0.1, -0.05) is 36.4 Å². The highest BCUT2D eigenvalue weighted by atomic mass is 14.7. The van der Waals surface area contributed by atoms with E-state index in [1.54, 1.807) is 0 Å². The van der Waals surface area contributed by atoms with E-state index in [2.05, 4.69) is 35.3 Å². The molecule has 1 aromatic heterocycles. The van der Waals surface area contributed by atoms with Crippen molar-refractivity contribution in [2.24, 2.45) is 5.73 Å². The van der Waals surface area contributed by atoms with Gasteiger partial charge in [0.1, 0.15) is 0 Å². The van der Waals surface area contributed by atoms with Crippen LogP contribution in [0.15, 0.2) is 48.7 Å². The number of nitrogens with zero attached hydrogens (tertiary/aromatic N) is 1. The Morgan fingerprint density at radius 1 is 0.941 bits per heavy atom. The lowest BCUT2D eigenvalue weighted by Gasteiger charge is -2.08. The molecule has 88 valence electrons. The van der Waals surface area contributed by atoms with Gasteiger partial charge < -0.3 is 5.73 Å². The van der Waals surface area contributed by atoms with Crippen LogP contribution in [0.25, 0.3) is 11.1 Å². The first kappa shape index (κ1) is 11.8. The lowest BCUT2D eigenvalue weighted by Crippen LogP contribution is -2.00. The van der Waals surface area contributed by atoms with Gasteiger partial charge in [0.2, 0.25) is 0 Å². The molecule has 0 fully saturated rings. The van der Waals surface area contributed by atoms with Gasteiger partial charge in [-0.05, 0) is 37.4 Å². The third kappa shape index (κ3) is 3.14. The van der Waals surface area contributed by atoms with Gasteiger partial charge in [-0.3, -0.25) is 4.98 Å². The molecule has 0 aliphatic carbocycles. The van der Waals surface area contributed by atoms with Crippen LogP contribution < -0.4 is 5.73 Å². The zero-order valence-corrected chi connectivity index (χ0v) is 9.97. The highest BCUT2D eigenvalue weighted by molar-refractivity contribution is 5.65. The summed E-state index contributed by atoms with van der Waals surface area (Å²) in [6.45, 7) is 0.757. The molecule has 2 nitrogen and oxygen atoms in total. The molecule has 2 rings (SSSR count). The van der Waals surface area contributed by atoms with Crippen LogP contribution in [0.1, 0.15) is 18.5 Å². The first-order chi connectivity index (χ1) is 8.42. The number of pyridine rings is 1. The van der Waals surface area contributed by atoms with Crippen LogP contribution in [0.2, 0.25) is 0 Å². The molecule has 0 amide bonds. The van der Waals surface area contributed by atoms with Crippen molar-refractivity contribution < 1.29 is 0 Å². The number of benzene rings is 1. The third-order valence-electron chi connectivity index (χ3n) is 2.84. The van der Waals surface area contributed by atoms with Crippen LogP contribution >= 0.6 is 0 Å². The lowest BCUT2D eigenvalue weighted by atomic mass is 10.0. The molecule has 2 heteroatoms. The van der Waals surface area contributed by atoms with Crippen molar-refractivity contribution in [1.82, 2.24) is 4.98 Å². The van der Waals surface area contributed by atoms with Gasteiger partial charge >= 0.3 is 0 Å². The predicted octanol–water partition coefficient (Wildman–Crippen LogP) is 3.03. The van der Waals surface area contributed by atoms with Crippen LogP contribution in [0, 0.1) is 0 Å². The van der Waals surface area contributed by atoms with E-state index in [0.717, 1.165) is 25.8 Å². The first-order valence-electron chi connectivity index (χ1n) is 6.11. The van der Waals surface area contributed by atoms with Gasteiger partial charge in [0.15, 0.2) is 0 Å². The quantitative estimate of drug-likeness (QED) is 0.796. The molecule has 2 N–H and O–H groups in total. The van der Waals surface area contributed by atoms with Gasteiger partial charge in [0.05, 0.1) is 0 Å². The van der Waals surface area contributed by atoms with E-state index in [0.29, 0.717) is 0 Å².